The summed E-state index contributed by atoms with van der Waals surface area (Å²) < 4.78 is 5.93. The van der Waals surface area contributed by atoms with E-state index < -0.39 is 0 Å². The zero-order chi connectivity index (χ0) is 12.1. The molecule has 0 aliphatic heterocycles. The molecule has 2 rings (SSSR count). The van der Waals surface area contributed by atoms with E-state index in [4.69, 9.17) is 4.74 Å². The second-order valence-corrected chi connectivity index (χ2v) is 4.76. The van der Waals surface area contributed by atoms with E-state index in [-0.39, 0.29) is 18.2 Å². The van der Waals surface area contributed by atoms with E-state index in [1.165, 1.54) is 0 Å². The summed E-state index contributed by atoms with van der Waals surface area (Å²) in [6, 6.07) is 9.90. The van der Waals surface area contributed by atoms with Crippen LogP contribution in [0.5, 0.6) is 5.75 Å². The Hall–Kier alpha value is -1.06. The zero-order valence-electron chi connectivity index (χ0n) is 10.4. The van der Waals surface area contributed by atoms with Crippen LogP contribution >= 0.6 is 0 Å². The number of rotatable bonds is 5. The standard InChI is InChI=1S/C14H21NO2/c1-2-15-14(11-16)9-8-13(10-14)17-12-6-4-3-5-7-12/h3-7,13,15-16H,2,8-11H2,1H3. The van der Waals surface area contributed by atoms with E-state index in [1.807, 2.05) is 30.3 Å². The van der Waals surface area contributed by atoms with Crippen LogP contribution in [-0.2, 0) is 0 Å². The average Bonchev–Trinajstić information content (AvgIpc) is 2.75. The van der Waals surface area contributed by atoms with Gasteiger partial charge in [-0.15, -0.1) is 0 Å². The fourth-order valence-electron chi connectivity index (χ4n) is 2.60. The highest BCUT2D eigenvalue weighted by atomic mass is 16.5. The Morgan fingerprint density at radius 1 is 1.41 bits per heavy atom. The SMILES string of the molecule is CCNC1(CO)CCC(Oc2ccccc2)C1. The summed E-state index contributed by atoms with van der Waals surface area (Å²) in [5.41, 5.74) is -0.131. The number of likely N-dealkylation sites (N-methyl/N-ethyl adjacent to an activating group) is 1. The molecule has 3 nitrogen and oxygen atoms in total. The van der Waals surface area contributed by atoms with Gasteiger partial charge in [-0.3, -0.25) is 0 Å². The highest BCUT2D eigenvalue weighted by Gasteiger charge is 2.39. The van der Waals surface area contributed by atoms with E-state index in [9.17, 15) is 5.11 Å². The molecular weight excluding hydrogens is 214 g/mol. The third kappa shape index (κ3) is 2.99. The van der Waals surface area contributed by atoms with E-state index in [1.54, 1.807) is 0 Å². The quantitative estimate of drug-likeness (QED) is 0.819. The third-order valence-electron chi connectivity index (χ3n) is 3.46. The number of hydrogen-bond donors (Lipinski definition) is 2. The van der Waals surface area contributed by atoms with Crippen molar-refractivity contribution in [1.29, 1.82) is 0 Å². The molecule has 1 aliphatic carbocycles. The molecule has 1 aliphatic rings. The molecular formula is C14H21NO2. The molecule has 0 saturated heterocycles. The van der Waals surface area contributed by atoms with Crippen molar-refractivity contribution in [3.8, 4) is 5.75 Å². The summed E-state index contributed by atoms with van der Waals surface area (Å²) in [5, 5.41) is 12.9. The molecule has 0 aromatic heterocycles. The summed E-state index contributed by atoms with van der Waals surface area (Å²) in [6.07, 6.45) is 3.08. The number of benzene rings is 1. The zero-order valence-corrected chi connectivity index (χ0v) is 10.4. The van der Waals surface area contributed by atoms with Gasteiger partial charge >= 0.3 is 0 Å². The van der Waals surface area contributed by atoms with Crippen LogP contribution in [0.1, 0.15) is 26.2 Å². The second kappa shape index (κ2) is 5.52. The largest absolute Gasteiger partial charge is 0.490 e. The summed E-state index contributed by atoms with van der Waals surface area (Å²) in [5.74, 6) is 0.919. The van der Waals surface area contributed by atoms with Gasteiger partial charge in [-0.1, -0.05) is 25.1 Å². The van der Waals surface area contributed by atoms with Gasteiger partial charge in [-0.2, -0.15) is 0 Å². The lowest BCUT2D eigenvalue weighted by Gasteiger charge is -2.27. The van der Waals surface area contributed by atoms with E-state index in [0.717, 1.165) is 31.6 Å². The molecule has 0 spiro atoms. The van der Waals surface area contributed by atoms with Crippen LogP contribution in [0.3, 0.4) is 0 Å². The van der Waals surface area contributed by atoms with Crippen LogP contribution in [-0.4, -0.2) is 29.9 Å². The lowest BCUT2D eigenvalue weighted by atomic mass is 9.99. The summed E-state index contributed by atoms with van der Waals surface area (Å²) in [6.45, 7) is 3.15. The first-order valence-corrected chi connectivity index (χ1v) is 6.35. The lowest BCUT2D eigenvalue weighted by molar-refractivity contribution is 0.142. The van der Waals surface area contributed by atoms with Crippen LogP contribution in [0.4, 0.5) is 0 Å². The maximum Gasteiger partial charge on any atom is 0.119 e. The fourth-order valence-corrected chi connectivity index (χ4v) is 2.60. The maximum absolute atomic E-state index is 9.51. The molecule has 17 heavy (non-hydrogen) atoms. The number of ether oxygens (including phenoxy) is 1. The summed E-state index contributed by atoms with van der Waals surface area (Å²) >= 11 is 0. The Morgan fingerprint density at radius 3 is 2.82 bits per heavy atom. The normalized spacial score (nSPS) is 28.2. The van der Waals surface area contributed by atoms with Gasteiger partial charge in [0.1, 0.15) is 11.9 Å². The van der Waals surface area contributed by atoms with Gasteiger partial charge in [0.25, 0.3) is 0 Å². The first-order chi connectivity index (χ1) is 8.28. The number of nitrogens with one attached hydrogen (secondary N) is 1. The number of aliphatic hydroxyl groups excluding tert-OH is 1. The molecule has 3 heteroatoms. The van der Waals surface area contributed by atoms with Crippen LogP contribution in [0.15, 0.2) is 30.3 Å². The Balaban J connectivity index is 1.93. The first kappa shape index (κ1) is 12.4. The van der Waals surface area contributed by atoms with Crippen molar-refractivity contribution in [1.82, 2.24) is 5.32 Å². The van der Waals surface area contributed by atoms with E-state index in [0.29, 0.717) is 0 Å². The Labute approximate surface area is 103 Å². The van der Waals surface area contributed by atoms with Crippen LogP contribution in [0.25, 0.3) is 0 Å². The van der Waals surface area contributed by atoms with Gasteiger partial charge in [0.05, 0.1) is 6.61 Å². The molecule has 94 valence electrons. The van der Waals surface area contributed by atoms with Crippen molar-refractivity contribution in [2.45, 2.75) is 37.8 Å². The topological polar surface area (TPSA) is 41.5 Å². The van der Waals surface area contributed by atoms with Crippen molar-refractivity contribution >= 4 is 0 Å². The minimum Gasteiger partial charge on any atom is -0.490 e. The van der Waals surface area contributed by atoms with Gasteiger partial charge in [0.15, 0.2) is 0 Å². The van der Waals surface area contributed by atoms with Gasteiger partial charge in [-0.05, 0) is 31.5 Å². The van der Waals surface area contributed by atoms with E-state index in [2.05, 4.69) is 12.2 Å². The molecule has 1 saturated carbocycles. The fraction of sp³-hybridized carbons (Fsp3) is 0.571. The Morgan fingerprint density at radius 2 is 2.18 bits per heavy atom. The average molecular weight is 235 g/mol. The van der Waals surface area contributed by atoms with Crippen molar-refractivity contribution in [3.63, 3.8) is 0 Å². The van der Waals surface area contributed by atoms with Crippen LogP contribution in [0, 0.1) is 0 Å². The van der Waals surface area contributed by atoms with Crippen LogP contribution < -0.4 is 10.1 Å². The number of hydrogen-bond acceptors (Lipinski definition) is 3. The molecule has 2 unspecified atom stereocenters. The molecule has 1 aromatic carbocycles. The molecule has 0 bridgehead atoms. The highest BCUT2D eigenvalue weighted by Crippen LogP contribution is 2.32. The van der Waals surface area contributed by atoms with Gasteiger partial charge in [-0.25, -0.2) is 0 Å². The molecule has 2 N–H and O–H groups in total. The van der Waals surface area contributed by atoms with E-state index >= 15 is 0 Å². The molecule has 0 amide bonds. The smallest absolute Gasteiger partial charge is 0.119 e. The maximum atomic E-state index is 9.51. The Kier molecular flexibility index (Phi) is 4.02. The number of aliphatic hydroxyl groups is 1. The predicted molar refractivity (Wildman–Crippen MR) is 68.2 cm³/mol. The molecule has 1 fully saturated rings. The van der Waals surface area contributed by atoms with Crippen molar-refractivity contribution in [2.24, 2.45) is 0 Å². The van der Waals surface area contributed by atoms with Gasteiger partial charge in [0, 0.05) is 12.0 Å². The van der Waals surface area contributed by atoms with Crippen molar-refractivity contribution in [3.05, 3.63) is 30.3 Å². The molecule has 2 atom stereocenters. The van der Waals surface area contributed by atoms with Crippen molar-refractivity contribution in [2.75, 3.05) is 13.2 Å². The Bertz CT molecular complexity index is 341. The minimum absolute atomic E-state index is 0.131. The molecule has 0 heterocycles. The predicted octanol–water partition coefficient (Wildman–Crippen LogP) is 1.96. The lowest BCUT2D eigenvalue weighted by Crippen LogP contribution is -2.46. The second-order valence-electron chi connectivity index (χ2n) is 4.76. The van der Waals surface area contributed by atoms with Gasteiger partial charge in [0.2, 0.25) is 0 Å². The van der Waals surface area contributed by atoms with Gasteiger partial charge < -0.3 is 15.2 Å². The summed E-state index contributed by atoms with van der Waals surface area (Å²) in [7, 11) is 0. The highest BCUT2D eigenvalue weighted by molar-refractivity contribution is 5.21. The minimum atomic E-state index is -0.131. The monoisotopic (exact) mass is 235 g/mol. The number of para-hydroxylation sites is 1. The first-order valence-electron chi connectivity index (χ1n) is 6.35. The molecule has 1 aromatic rings. The summed E-state index contributed by atoms with van der Waals surface area (Å²) in [4.78, 5) is 0. The van der Waals surface area contributed by atoms with Crippen LogP contribution in [0.2, 0.25) is 0 Å². The van der Waals surface area contributed by atoms with Crippen molar-refractivity contribution < 1.29 is 9.84 Å². The molecule has 0 radical (unpaired) electrons. The third-order valence-corrected chi connectivity index (χ3v) is 3.46.